The summed E-state index contributed by atoms with van der Waals surface area (Å²) in [5, 5.41) is 0. The Hall–Kier alpha value is -0.650. The number of hydrogen-bond donors (Lipinski definition) is 0. The number of halogens is 2. The fourth-order valence-corrected chi connectivity index (χ4v) is 5.04. The van der Waals surface area contributed by atoms with Crippen LogP contribution >= 0.6 is 11.6 Å². The molecule has 1 aromatic rings. The van der Waals surface area contributed by atoms with Crippen LogP contribution in [-0.4, -0.2) is 25.8 Å². The molecule has 1 heterocycles. The number of benzene rings is 1. The Morgan fingerprint density at radius 2 is 1.90 bits per heavy atom. The van der Waals surface area contributed by atoms with Crippen LogP contribution in [-0.2, 0) is 15.9 Å². The molecular weight excluding hydrogens is 301 g/mol. The van der Waals surface area contributed by atoms with Crippen LogP contribution in [0, 0.1) is 17.7 Å². The predicted octanol–water partition coefficient (Wildman–Crippen LogP) is 3.23. The molecule has 0 saturated carbocycles. The van der Waals surface area contributed by atoms with Gasteiger partial charge < -0.3 is 0 Å². The summed E-state index contributed by atoms with van der Waals surface area (Å²) in [5.74, 6) is 0.104. The van der Waals surface area contributed by atoms with Crippen molar-refractivity contribution in [1.29, 1.82) is 0 Å². The minimum absolute atomic E-state index is 0.00574. The Morgan fingerprint density at radius 1 is 1.30 bits per heavy atom. The van der Waals surface area contributed by atoms with E-state index in [-0.39, 0.29) is 10.8 Å². The predicted molar refractivity (Wildman–Crippen MR) is 77.7 cm³/mol. The third-order valence-corrected chi connectivity index (χ3v) is 5.83. The fourth-order valence-electron chi connectivity index (χ4n) is 2.82. The lowest BCUT2D eigenvalue weighted by molar-refractivity contribution is 0.222. The highest BCUT2D eigenvalue weighted by atomic mass is 35.5. The van der Waals surface area contributed by atoms with Crippen molar-refractivity contribution in [3.63, 3.8) is 0 Å². The van der Waals surface area contributed by atoms with E-state index in [1.807, 2.05) is 13.8 Å². The smallest absolute Gasteiger partial charge is 0.207 e. The van der Waals surface area contributed by atoms with E-state index in [1.54, 1.807) is 0 Å². The summed E-state index contributed by atoms with van der Waals surface area (Å²) >= 11 is 5.78. The SMILES string of the molecule is CC1CC(C)CN(S(=O)(=O)c2cc(F)ccc2CCl)C1. The molecule has 3 nitrogen and oxygen atoms in total. The molecule has 0 aromatic heterocycles. The van der Waals surface area contributed by atoms with Gasteiger partial charge in [-0.25, -0.2) is 12.8 Å². The monoisotopic (exact) mass is 319 g/mol. The fraction of sp³-hybridized carbons (Fsp3) is 0.571. The molecule has 20 heavy (non-hydrogen) atoms. The molecule has 0 bridgehead atoms. The molecule has 112 valence electrons. The summed E-state index contributed by atoms with van der Waals surface area (Å²) in [5.41, 5.74) is 0.443. The van der Waals surface area contributed by atoms with E-state index in [9.17, 15) is 12.8 Å². The van der Waals surface area contributed by atoms with Crippen LogP contribution in [0.2, 0.25) is 0 Å². The summed E-state index contributed by atoms with van der Waals surface area (Å²) in [7, 11) is -3.68. The normalized spacial score (nSPS) is 24.8. The average molecular weight is 320 g/mol. The molecule has 2 atom stereocenters. The lowest BCUT2D eigenvalue weighted by Crippen LogP contribution is -2.42. The molecule has 1 aromatic carbocycles. The maximum absolute atomic E-state index is 13.4. The van der Waals surface area contributed by atoms with Crippen LogP contribution in [0.5, 0.6) is 0 Å². The van der Waals surface area contributed by atoms with Crippen molar-refractivity contribution in [2.75, 3.05) is 13.1 Å². The van der Waals surface area contributed by atoms with E-state index < -0.39 is 15.8 Å². The second-order valence-corrected chi connectivity index (χ2v) is 7.83. The van der Waals surface area contributed by atoms with Crippen LogP contribution in [0.3, 0.4) is 0 Å². The summed E-state index contributed by atoms with van der Waals surface area (Å²) in [6.07, 6.45) is 1.01. The molecule has 1 aliphatic rings. The van der Waals surface area contributed by atoms with Crippen LogP contribution in [0.25, 0.3) is 0 Å². The van der Waals surface area contributed by atoms with Gasteiger partial charge >= 0.3 is 0 Å². The highest BCUT2D eigenvalue weighted by Crippen LogP contribution is 2.29. The van der Waals surface area contributed by atoms with Gasteiger partial charge in [-0.1, -0.05) is 19.9 Å². The number of sulfonamides is 1. The van der Waals surface area contributed by atoms with Gasteiger partial charge in [0.25, 0.3) is 0 Å². The van der Waals surface area contributed by atoms with Crippen molar-refractivity contribution in [3.05, 3.63) is 29.6 Å². The zero-order valence-corrected chi connectivity index (χ0v) is 13.2. The van der Waals surface area contributed by atoms with Gasteiger partial charge in [0.1, 0.15) is 5.82 Å². The second-order valence-electron chi connectivity index (χ2n) is 5.65. The molecule has 0 radical (unpaired) electrons. The largest absolute Gasteiger partial charge is 0.243 e. The minimum Gasteiger partial charge on any atom is -0.207 e. The molecule has 0 aliphatic carbocycles. The molecular formula is C14H19ClFNO2S. The van der Waals surface area contributed by atoms with Crippen LogP contribution < -0.4 is 0 Å². The molecule has 2 unspecified atom stereocenters. The summed E-state index contributed by atoms with van der Waals surface area (Å²) in [6, 6.07) is 3.74. The van der Waals surface area contributed by atoms with Crippen LogP contribution in [0.15, 0.2) is 23.1 Å². The van der Waals surface area contributed by atoms with Crippen molar-refractivity contribution >= 4 is 21.6 Å². The van der Waals surface area contributed by atoms with Gasteiger partial charge in [0.05, 0.1) is 4.90 Å². The van der Waals surface area contributed by atoms with Gasteiger partial charge in [-0.15, -0.1) is 11.6 Å². The van der Waals surface area contributed by atoms with E-state index in [1.165, 1.54) is 16.4 Å². The topological polar surface area (TPSA) is 37.4 Å². The quantitative estimate of drug-likeness (QED) is 0.802. The Balaban J connectivity index is 2.42. The summed E-state index contributed by atoms with van der Waals surface area (Å²) < 4.78 is 40.3. The van der Waals surface area contributed by atoms with E-state index >= 15 is 0 Å². The van der Waals surface area contributed by atoms with Crippen molar-refractivity contribution < 1.29 is 12.8 Å². The van der Waals surface area contributed by atoms with E-state index in [2.05, 4.69) is 0 Å². The first-order valence-electron chi connectivity index (χ1n) is 6.69. The molecule has 0 spiro atoms. The van der Waals surface area contributed by atoms with E-state index in [0.29, 0.717) is 30.5 Å². The van der Waals surface area contributed by atoms with Gasteiger partial charge in [-0.05, 0) is 36.0 Å². The third-order valence-electron chi connectivity index (χ3n) is 3.63. The molecule has 0 amide bonds. The summed E-state index contributed by atoms with van der Waals surface area (Å²) in [4.78, 5) is -0.00574. The Labute approximate surface area is 124 Å². The first-order chi connectivity index (χ1) is 9.34. The van der Waals surface area contributed by atoms with Gasteiger partial charge in [0.15, 0.2) is 0 Å². The standard InChI is InChI=1S/C14H19ClFNO2S/c1-10-5-11(2)9-17(8-10)20(18,19)14-6-13(16)4-3-12(14)7-15/h3-4,6,10-11H,5,7-9H2,1-2H3. The first-order valence-corrected chi connectivity index (χ1v) is 8.66. The summed E-state index contributed by atoms with van der Waals surface area (Å²) in [6.45, 7) is 5.02. The maximum atomic E-state index is 13.4. The number of hydrogen-bond acceptors (Lipinski definition) is 2. The zero-order valence-electron chi connectivity index (χ0n) is 11.6. The second kappa shape index (κ2) is 6.00. The van der Waals surface area contributed by atoms with Crippen molar-refractivity contribution in [3.8, 4) is 0 Å². The van der Waals surface area contributed by atoms with Gasteiger partial charge in [0.2, 0.25) is 10.0 Å². The number of nitrogens with zero attached hydrogens (tertiary/aromatic N) is 1. The lowest BCUT2D eigenvalue weighted by Gasteiger charge is -2.34. The molecule has 6 heteroatoms. The maximum Gasteiger partial charge on any atom is 0.243 e. The molecule has 1 aliphatic heterocycles. The average Bonchev–Trinajstić information content (AvgIpc) is 2.37. The van der Waals surface area contributed by atoms with Crippen LogP contribution in [0.1, 0.15) is 25.8 Å². The Kier molecular flexibility index (Phi) is 4.72. The number of rotatable bonds is 3. The Morgan fingerprint density at radius 3 is 2.45 bits per heavy atom. The zero-order chi connectivity index (χ0) is 14.9. The van der Waals surface area contributed by atoms with Crippen LogP contribution in [0.4, 0.5) is 4.39 Å². The van der Waals surface area contributed by atoms with Crippen molar-refractivity contribution in [2.24, 2.45) is 11.8 Å². The molecule has 1 saturated heterocycles. The van der Waals surface area contributed by atoms with Crippen molar-refractivity contribution in [1.82, 2.24) is 4.31 Å². The molecule has 0 N–H and O–H groups in total. The number of piperidine rings is 1. The first kappa shape index (κ1) is 15.7. The van der Waals surface area contributed by atoms with Gasteiger partial charge in [0, 0.05) is 19.0 Å². The minimum atomic E-state index is -3.68. The van der Waals surface area contributed by atoms with Crippen molar-refractivity contribution in [2.45, 2.75) is 31.0 Å². The Bertz CT molecular complexity index is 581. The highest BCUT2D eigenvalue weighted by molar-refractivity contribution is 7.89. The van der Waals surface area contributed by atoms with Gasteiger partial charge in [-0.3, -0.25) is 0 Å². The third kappa shape index (κ3) is 3.15. The highest BCUT2D eigenvalue weighted by Gasteiger charge is 2.33. The van der Waals surface area contributed by atoms with E-state index in [0.717, 1.165) is 12.5 Å². The number of alkyl halides is 1. The van der Waals surface area contributed by atoms with Gasteiger partial charge in [-0.2, -0.15) is 4.31 Å². The van der Waals surface area contributed by atoms with E-state index in [4.69, 9.17) is 11.6 Å². The molecule has 1 fully saturated rings. The molecule has 2 rings (SSSR count). The lowest BCUT2D eigenvalue weighted by atomic mass is 9.94.